The van der Waals surface area contributed by atoms with E-state index in [9.17, 15) is 4.79 Å². The molecule has 0 aliphatic carbocycles. The molecule has 1 amide bonds. The van der Waals surface area contributed by atoms with E-state index in [-0.39, 0.29) is 12.1 Å². The second kappa shape index (κ2) is 7.60. The summed E-state index contributed by atoms with van der Waals surface area (Å²) < 4.78 is 6.37. The zero-order valence-electron chi connectivity index (χ0n) is 16.9. The van der Waals surface area contributed by atoms with Crippen molar-refractivity contribution in [3.63, 3.8) is 0 Å². The van der Waals surface area contributed by atoms with E-state index in [0.717, 1.165) is 31.5 Å². The number of fused-ring (bicyclic) bond motifs is 1. The highest BCUT2D eigenvalue weighted by Crippen LogP contribution is 2.39. The second-order valence-electron chi connectivity index (χ2n) is 8.19. The minimum absolute atomic E-state index is 0.0306. The number of nitrogens with zero attached hydrogens (tertiary/aromatic N) is 4. The fourth-order valence-corrected chi connectivity index (χ4v) is 4.92. The highest BCUT2D eigenvalue weighted by Gasteiger charge is 2.33. The van der Waals surface area contributed by atoms with Crippen LogP contribution in [0, 0.1) is 0 Å². The fraction of sp³-hybridized carbons (Fsp3) is 0.450. The van der Waals surface area contributed by atoms with Crippen LogP contribution in [0.25, 0.3) is 22.6 Å². The Balaban J connectivity index is 1.57. The Hall–Kier alpha value is -2.13. The molecular weight excluding hydrogens is 454 g/mol. The lowest BCUT2D eigenvalue weighted by atomic mass is 10.2. The Morgan fingerprint density at radius 3 is 2.72 bits per heavy atom. The van der Waals surface area contributed by atoms with Crippen molar-refractivity contribution in [1.82, 2.24) is 19.9 Å². The van der Waals surface area contributed by atoms with Crippen LogP contribution in [0.1, 0.15) is 27.7 Å². The van der Waals surface area contributed by atoms with Crippen LogP contribution in [-0.4, -0.2) is 57.2 Å². The molecule has 0 bridgehead atoms. The van der Waals surface area contributed by atoms with Crippen LogP contribution in [0.3, 0.4) is 0 Å². The molecule has 3 heterocycles. The van der Waals surface area contributed by atoms with Gasteiger partial charge in [-0.2, -0.15) is 0 Å². The van der Waals surface area contributed by atoms with Gasteiger partial charge in [0.05, 0.1) is 11.0 Å². The highest BCUT2D eigenvalue weighted by atomic mass is 79.9. The normalized spacial score (nSPS) is 17.8. The molecule has 1 saturated heterocycles. The third-order valence-electron chi connectivity index (χ3n) is 4.74. The predicted octanol–water partition coefficient (Wildman–Crippen LogP) is 4.89. The van der Waals surface area contributed by atoms with Gasteiger partial charge in [0.2, 0.25) is 0 Å². The van der Waals surface area contributed by atoms with Gasteiger partial charge in [0.1, 0.15) is 16.3 Å². The SMILES string of the molecule is C[C@@H]1CN(c2sc(Br)nc2-c2nc3ccccc3[nH]2)CCN1C(=O)OC(C)(C)C. The Morgan fingerprint density at radius 2 is 2.03 bits per heavy atom. The molecule has 1 aliphatic rings. The number of rotatable bonds is 2. The second-order valence-corrected chi connectivity index (χ2v) is 10.4. The molecule has 154 valence electrons. The first-order valence-electron chi connectivity index (χ1n) is 9.57. The minimum Gasteiger partial charge on any atom is -0.444 e. The predicted molar refractivity (Wildman–Crippen MR) is 120 cm³/mol. The van der Waals surface area contributed by atoms with E-state index in [1.807, 2.05) is 52.0 Å². The number of imidazole rings is 1. The number of aromatic amines is 1. The third-order valence-corrected chi connectivity index (χ3v) is 6.31. The van der Waals surface area contributed by atoms with Gasteiger partial charge in [-0.3, -0.25) is 0 Å². The lowest BCUT2D eigenvalue weighted by Gasteiger charge is -2.40. The number of aromatic nitrogens is 3. The van der Waals surface area contributed by atoms with Crippen molar-refractivity contribution in [1.29, 1.82) is 0 Å². The van der Waals surface area contributed by atoms with Crippen LogP contribution in [0.5, 0.6) is 0 Å². The molecule has 1 aromatic carbocycles. The quantitative estimate of drug-likeness (QED) is 0.568. The lowest BCUT2D eigenvalue weighted by molar-refractivity contribution is 0.0159. The summed E-state index contributed by atoms with van der Waals surface area (Å²) in [7, 11) is 0. The molecule has 0 spiro atoms. The number of thiazole rings is 1. The number of piperazine rings is 1. The number of carbonyl (C=O) groups is 1. The van der Waals surface area contributed by atoms with Crippen molar-refractivity contribution in [2.75, 3.05) is 24.5 Å². The number of H-pyrrole nitrogens is 1. The number of amides is 1. The van der Waals surface area contributed by atoms with E-state index in [1.54, 1.807) is 16.2 Å². The maximum atomic E-state index is 12.5. The molecular formula is C20H24BrN5O2S. The average Bonchev–Trinajstić information content (AvgIpc) is 3.23. The maximum absolute atomic E-state index is 12.5. The van der Waals surface area contributed by atoms with E-state index in [0.29, 0.717) is 19.6 Å². The van der Waals surface area contributed by atoms with Crippen LogP contribution in [-0.2, 0) is 4.74 Å². The number of halogens is 1. The van der Waals surface area contributed by atoms with Gasteiger partial charge >= 0.3 is 6.09 Å². The summed E-state index contributed by atoms with van der Waals surface area (Å²) in [6.45, 7) is 9.74. The van der Waals surface area contributed by atoms with E-state index in [2.05, 4.69) is 30.8 Å². The number of para-hydroxylation sites is 2. The van der Waals surface area contributed by atoms with Crippen molar-refractivity contribution in [3.8, 4) is 11.5 Å². The van der Waals surface area contributed by atoms with Gasteiger partial charge in [-0.1, -0.05) is 23.5 Å². The smallest absolute Gasteiger partial charge is 0.410 e. The molecule has 1 atom stereocenters. The molecule has 1 N–H and O–H groups in total. The first-order chi connectivity index (χ1) is 13.7. The largest absolute Gasteiger partial charge is 0.444 e. The molecule has 29 heavy (non-hydrogen) atoms. The molecule has 3 aromatic rings. The van der Waals surface area contributed by atoms with Crippen molar-refractivity contribution in [2.24, 2.45) is 0 Å². The van der Waals surface area contributed by atoms with Gasteiger partial charge in [-0.15, -0.1) is 0 Å². The van der Waals surface area contributed by atoms with Gasteiger partial charge in [-0.25, -0.2) is 14.8 Å². The standard InChI is InChI=1S/C20H24BrN5O2S/c1-12-11-25(9-10-26(12)19(27)28-20(2,3)4)17-15(24-18(21)29-17)16-22-13-7-5-6-8-14(13)23-16/h5-8,12H,9-11H2,1-4H3,(H,22,23)/t12-/m1/s1. The van der Waals surface area contributed by atoms with Gasteiger partial charge < -0.3 is 19.5 Å². The van der Waals surface area contributed by atoms with E-state index in [4.69, 9.17) is 9.72 Å². The summed E-state index contributed by atoms with van der Waals surface area (Å²) in [4.78, 5) is 29.3. The first kappa shape index (κ1) is 20.2. The molecule has 4 rings (SSSR count). The summed E-state index contributed by atoms with van der Waals surface area (Å²) >= 11 is 5.11. The van der Waals surface area contributed by atoms with Crippen LogP contribution in [0.2, 0.25) is 0 Å². The summed E-state index contributed by atoms with van der Waals surface area (Å²) in [5, 5.41) is 1.05. The third kappa shape index (κ3) is 4.25. The van der Waals surface area contributed by atoms with Gasteiger partial charge in [0.25, 0.3) is 0 Å². The Morgan fingerprint density at radius 1 is 1.28 bits per heavy atom. The number of anilines is 1. The summed E-state index contributed by atoms with van der Waals surface area (Å²) in [5.41, 5.74) is 2.24. The topological polar surface area (TPSA) is 74.4 Å². The lowest BCUT2D eigenvalue weighted by Crippen LogP contribution is -2.55. The van der Waals surface area contributed by atoms with Crippen LogP contribution in [0.4, 0.5) is 9.80 Å². The number of ether oxygens (including phenoxy) is 1. The zero-order valence-corrected chi connectivity index (χ0v) is 19.3. The molecule has 1 aliphatic heterocycles. The Kier molecular flexibility index (Phi) is 5.29. The Labute approximate surface area is 182 Å². The van der Waals surface area contributed by atoms with E-state index in [1.165, 1.54) is 0 Å². The highest BCUT2D eigenvalue weighted by molar-refractivity contribution is 9.11. The minimum atomic E-state index is -0.495. The maximum Gasteiger partial charge on any atom is 0.410 e. The molecule has 0 radical (unpaired) electrons. The molecule has 1 fully saturated rings. The Bertz CT molecular complexity index is 1010. The molecule has 0 saturated carbocycles. The van der Waals surface area contributed by atoms with Crippen LogP contribution < -0.4 is 4.90 Å². The average molecular weight is 478 g/mol. The monoisotopic (exact) mass is 477 g/mol. The summed E-state index contributed by atoms with van der Waals surface area (Å²) in [5.74, 6) is 0.755. The molecule has 9 heteroatoms. The number of hydrogen-bond donors (Lipinski definition) is 1. The van der Waals surface area contributed by atoms with Crippen molar-refractivity contribution in [2.45, 2.75) is 39.3 Å². The zero-order chi connectivity index (χ0) is 20.8. The number of hydrogen-bond acceptors (Lipinski definition) is 6. The van der Waals surface area contributed by atoms with Crippen molar-refractivity contribution in [3.05, 3.63) is 28.2 Å². The van der Waals surface area contributed by atoms with Crippen molar-refractivity contribution >= 4 is 49.4 Å². The van der Waals surface area contributed by atoms with Gasteiger partial charge in [0, 0.05) is 25.7 Å². The van der Waals surface area contributed by atoms with Crippen LogP contribution in [0.15, 0.2) is 28.2 Å². The van der Waals surface area contributed by atoms with E-state index >= 15 is 0 Å². The number of benzene rings is 1. The summed E-state index contributed by atoms with van der Waals surface area (Å²) in [6.07, 6.45) is -0.257. The molecule has 7 nitrogen and oxygen atoms in total. The molecule has 0 unspecified atom stereocenters. The van der Waals surface area contributed by atoms with Crippen LogP contribution >= 0.6 is 27.3 Å². The summed E-state index contributed by atoms with van der Waals surface area (Å²) in [6, 6.07) is 7.98. The first-order valence-corrected chi connectivity index (χ1v) is 11.2. The fourth-order valence-electron chi connectivity index (χ4n) is 3.45. The van der Waals surface area contributed by atoms with Gasteiger partial charge in [-0.05, 0) is 55.8 Å². The van der Waals surface area contributed by atoms with Gasteiger partial charge in [0.15, 0.2) is 9.74 Å². The number of nitrogens with one attached hydrogen (secondary N) is 1. The number of carbonyl (C=O) groups excluding carboxylic acids is 1. The molecule has 2 aromatic heterocycles. The van der Waals surface area contributed by atoms with Crippen molar-refractivity contribution < 1.29 is 9.53 Å². The van der Waals surface area contributed by atoms with E-state index < -0.39 is 5.60 Å².